The van der Waals surface area contributed by atoms with Crippen LogP contribution in [0.5, 0.6) is 5.75 Å². The Hall–Kier alpha value is -2.40. The van der Waals surface area contributed by atoms with Gasteiger partial charge in [0.25, 0.3) is 5.91 Å². The van der Waals surface area contributed by atoms with Crippen LogP contribution in [0.25, 0.3) is 11.1 Å². The van der Waals surface area contributed by atoms with Gasteiger partial charge in [-0.1, -0.05) is 19.1 Å². The van der Waals surface area contributed by atoms with Crippen LogP contribution in [-0.2, 0) is 0 Å². The second-order valence-electron chi connectivity index (χ2n) is 6.93. The van der Waals surface area contributed by atoms with Crippen molar-refractivity contribution in [3.63, 3.8) is 0 Å². The molecule has 1 saturated heterocycles. The highest BCUT2D eigenvalue weighted by atomic mass is 16.5. The van der Waals surface area contributed by atoms with Crippen molar-refractivity contribution >= 4 is 5.91 Å². The summed E-state index contributed by atoms with van der Waals surface area (Å²) in [4.78, 5) is 16.8. The standard InChI is InChI=1S/C20H25N3O2/c1-20(7-9-21-10-8-20)14-23-19(24)17-11-16(12-22-13-17)15-3-5-18(25-2)6-4-15/h3-6,11-13,21H,7-10,14H2,1-2H3,(H,23,24). The SMILES string of the molecule is COc1ccc(-c2cncc(C(=O)NCC3(C)CCNCC3)c2)cc1. The molecule has 1 aliphatic rings. The highest BCUT2D eigenvalue weighted by Crippen LogP contribution is 2.27. The molecule has 0 bridgehead atoms. The minimum atomic E-state index is -0.0670. The molecule has 3 rings (SSSR count). The van der Waals surface area contributed by atoms with Crippen molar-refractivity contribution in [2.75, 3.05) is 26.7 Å². The number of nitrogens with zero attached hydrogens (tertiary/aromatic N) is 1. The molecule has 25 heavy (non-hydrogen) atoms. The molecular formula is C20H25N3O2. The molecule has 0 unspecified atom stereocenters. The molecular weight excluding hydrogens is 314 g/mol. The van der Waals surface area contributed by atoms with Crippen molar-refractivity contribution in [3.8, 4) is 16.9 Å². The number of amides is 1. The normalized spacial score (nSPS) is 16.2. The first-order valence-electron chi connectivity index (χ1n) is 8.68. The summed E-state index contributed by atoms with van der Waals surface area (Å²) in [5, 5.41) is 6.44. The van der Waals surface area contributed by atoms with Gasteiger partial charge >= 0.3 is 0 Å². The van der Waals surface area contributed by atoms with Crippen molar-refractivity contribution in [1.29, 1.82) is 0 Å². The number of rotatable bonds is 5. The molecule has 0 spiro atoms. The Morgan fingerprint density at radius 3 is 2.60 bits per heavy atom. The summed E-state index contributed by atoms with van der Waals surface area (Å²) in [6.45, 7) is 4.96. The van der Waals surface area contributed by atoms with E-state index < -0.39 is 0 Å². The molecule has 132 valence electrons. The first-order valence-corrected chi connectivity index (χ1v) is 8.68. The molecule has 0 atom stereocenters. The average molecular weight is 339 g/mol. The summed E-state index contributed by atoms with van der Waals surface area (Å²) in [5.41, 5.74) is 2.68. The number of aromatic nitrogens is 1. The fourth-order valence-corrected chi connectivity index (χ4v) is 3.11. The maximum absolute atomic E-state index is 12.5. The van der Waals surface area contributed by atoms with Crippen LogP contribution in [0.2, 0.25) is 0 Å². The number of methoxy groups -OCH3 is 1. The van der Waals surface area contributed by atoms with E-state index in [0.717, 1.165) is 42.8 Å². The molecule has 1 aromatic carbocycles. The zero-order valence-electron chi connectivity index (χ0n) is 14.8. The summed E-state index contributed by atoms with van der Waals surface area (Å²) in [7, 11) is 1.64. The fourth-order valence-electron chi connectivity index (χ4n) is 3.11. The number of hydrogen-bond acceptors (Lipinski definition) is 4. The van der Waals surface area contributed by atoms with E-state index in [2.05, 4.69) is 22.5 Å². The van der Waals surface area contributed by atoms with Crippen LogP contribution in [-0.4, -0.2) is 37.6 Å². The number of hydrogen-bond donors (Lipinski definition) is 2. The summed E-state index contributed by atoms with van der Waals surface area (Å²) < 4.78 is 5.18. The zero-order chi connectivity index (χ0) is 17.7. The summed E-state index contributed by atoms with van der Waals surface area (Å²) in [6.07, 6.45) is 5.55. The number of ether oxygens (including phenoxy) is 1. The Labute approximate surface area is 148 Å². The lowest BCUT2D eigenvalue weighted by Crippen LogP contribution is -2.42. The zero-order valence-corrected chi connectivity index (χ0v) is 14.8. The van der Waals surface area contributed by atoms with Crippen molar-refractivity contribution in [1.82, 2.24) is 15.6 Å². The molecule has 1 aromatic heterocycles. The number of benzene rings is 1. The third kappa shape index (κ3) is 4.37. The van der Waals surface area contributed by atoms with Crippen molar-refractivity contribution in [2.24, 2.45) is 5.41 Å². The Kier molecular flexibility index (Phi) is 5.34. The summed E-state index contributed by atoms with van der Waals surface area (Å²) in [6, 6.07) is 9.62. The highest BCUT2D eigenvalue weighted by Gasteiger charge is 2.27. The van der Waals surface area contributed by atoms with Gasteiger partial charge in [-0.25, -0.2) is 0 Å². The first-order chi connectivity index (χ1) is 12.1. The molecule has 0 saturated carbocycles. The molecule has 0 radical (unpaired) electrons. The van der Waals surface area contributed by atoms with Gasteiger partial charge in [-0.2, -0.15) is 0 Å². The predicted molar refractivity (Wildman–Crippen MR) is 98.8 cm³/mol. The molecule has 1 fully saturated rings. The van der Waals surface area contributed by atoms with Gasteiger partial charge in [0.15, 0.2) is 0 Å². The third-order valence-electron chi connectivity index (χ3n) is 4.91. The molecule has 2 heterocycles. The Morgan fingerprint density at radius 2 is 1.92 bits per heavy atom. The smallest absolute Gasteiger partial charge is 0.252 e. The number of piperidine rings is 1. The highest BCUT2D eigenvalue weighted by molar-refractivity contribution is 5.95. The van der Waals surface area contributed by atoms with E-state index in [1.165, 1.54) is 0 Å². The minimum Gasteiger partial charge on any atom is -0.497 e. The summed E-state index contributed by atoms with van der Waals surface area (Å²) in [5.74, 6) is 0.739. The second kappa shape index (κ2) is 7.66. The lowest BCUT2D eigenvalue weighted by Gasteiger charge is -2.34. The lowest BCUT2D eigenvalue weighted by molar-refractivity contribution is 0.0922. The average Bonchev–Trinajstić information content (AvgIpc) is 2.67. The van der Waals surface area contributed by atoms with E-state index in [-0.39, 0.29) is 11.3 Å². The number of nitrogens with one attached hydrogen (secondary N) is 2. The Morgan fingerprint density at radius 1 is 1.20 bits per heavy atom. The van der Waals surface area contributed by atoms with E-state index >= 15 is 0 Å². The number of pyridine rings is 1. The van der Waals surface area contributed by atoms with Gasteiger partial charge in [-0.15, -0.1) is 0 Å². The summed E-state index contributed by atoms with van der Waals surface area (Å²) >= 11 is 0. The first kappa shape index (κ1) is 17.4. The van der Waals surface area contributed by atoms with Crippen LogP contribution in [0.4, 0.5) is 0 Å². The van der Waals surface area contributed by atoms with E-state index in [1.807, 2.05) is 30.3 Å². The van der Waals surface area contributed by atoms with E-state index in [0.29, 0.717) is 12.1 Å². The monoisotopic (exact) mass is 339 g/mol. The van der Waals surface area contributed by atoms with Crippen molar-refractivity contribution < 1.29 is 9.53 Å². The molecule has 0 aliphatic carbocycles. The van der Waals surface area contributed by atoms with Gasteiger partial charge in [0.1, 0.15) is 5.75 Å². The van der Waals surface area contributed by atoms with Gasteiger partial charge in [-0.3, -0.25) is 9.78 Å². The Balaban J connectivity index is 1.68. The van der Waals surface area contributed by atoms with Crippen molar-refractivity contribution in [3.05, 3.63) is 48.3 Å². The maximum Gasteiger partial charge on any atom is 0.252 e. The molecule has 2 N–H and O–H groups in total. The van der Waals surface area contributed by atoms with Crippen molar-refractivity contribution in [2.45, 2.75) is 19.8 Å². The Bertz CT molecular complexity index is 722. The number of carbonyl (C=O) groups is 1. The van der Waals surface area contributed by atoms with Gasteiger partial charge in [0.05, 0.1) is 12.7 Å². The minimum absolute atomic E-state index is 0.0670. The quantitative estimate of drug-likeness (QED) is 0.879. The van der Waals surface area contributed by atoms with E-state index in [4.69, 9.17) is 4.74 Å². The number of carbonyl (C=O) groups excluding carboxylic acids is 1. The van der Waals surface area contributed by atoms with Gasteiger partial charge in [-0.05, 0) is 55.1 Å². The molecule has 1 amide bonds. The van der Waals surface area contributed by atoms with E-state index in [1.54, 1.807) is 19.5 Å². The van der Waals surface area contributed by atoms with Crippen LogP contribution >= 0.6 is 0 Å². The van der Waals surface area contributed by atoms with Crippen LogP contribution < -0.4 is 15.4 Å². The maximum atomic E-state index is 12.5. The topological polar surface area (TPSA) is 63.2 Å². The van der Waals surface area contributed by atoms with Gasteiger partial charge in [0, 0.05) is 24.5 Å². The third-order valence-corrected chi connectivity index (χ3v) is 4.91. The lowest BCUT2D eigenvalue weighted by atomic mass is 9.81. The van der Waals surface area contributed by atoms with Gasteiger partial charge in [0.2, 0.25) is 0 Å². The molecule has 5 heteroatoms. The van der Waals surface area contributed by atoms with Crippen LogP contribution in [0, 0.1) is 5.41 Å². The second-order valence-corrected chi connectivity index (χ2v) is 6.93. The van der Waals surface area contributed by atoms with E-state index in [9.17, 15) is 4.79 Å². The molecule has 5 nitrogen and oxygen atoms in total. The fraction of sp³-hybridized carbons (Fsp3) is 0.400. The largest absolute Gasteiger partial charge is 0.497 e. The van der Waals surface area contributed by atoms with Crippen LogP contribution in [0.3, 0.4) is 0 Å². The molecule has 2 aromatic rings. The van der Waals surface area contributed by atoms with Crippen LogP contribution in [0.1, 0.15) is 30.1 Å². The van der Waals surface area contributed by atoms with Crippen LogP contribution in [0.15, 0.2) is 42.7 Å². The predicted octanol–water partition coefficient (Wildman–Crippen LogP) is 2.88. The molecule has 1 aliphatic heterocycles. The van der Waals surface area contributed by atoms with Gasteiger partial charge < -0.3 is 15.4 Å².